The molecule has 3 heteroatoms. The molecule has 0 bridgehead atoms. The fourth-order valence-electron chi connectivity index (χ4n) is 1.87. The first-order chi connectivity index (χ1) is 6.15. The molecule has 1 saturated heterocycles. The molecule has 0 aromatic heterocycles. The van der Waals surface area contributed by atoms with Crippen molar-refractivity contribution in [2.24, 2.45) is 5.92 Å². The van der Waals surface area contributed by atoms with E-state index in [9.17, 15) is 5.11 Å². The number of hydrogen-bond acceptors (Lipinski definition) is 3. The lowest BCUT2D eigenvalue weighted by Crippen LogP contribution is -2.46. The van der Waals surface area contributed by atoms with Crippen LogP contribution in [0.4, 0.5) is 0 Å². The fourth-order valence-corrected chi connectivity index (χ4v) is 2.17. The van der Waals surface area contributed by atoms with Crippen molar-refractivity contribution >= 4 is 12.6 Å². The predicted molar refractivity (Wildman–Crippen MR) is 59.3 cm³/mol. The Morgan fingerprint density at radius 2 is 2.23 bits per heavy atom. The van der Waals surface area contributed by atoms with Gasteiger partial charge in [0.2, 0.25) is 0 Å². The lowest BCUT2D eigenvalue weighted by molar-refractivity contribution is 0.0398. The van der Waals surface area contributed by atoms with Crippen molar-refractivity contribution in [2.45, 2.75) is 38.8 Å². The van der Waals surface area contributed by atoms with E-state index in [4.69, 9.17) is 0 Å². The molecule has 1 N–H and O–H groups in total. The van der Waals surface area contributed by atoms with E-state index in [1.165, 1.54) is 0 Å². The lowest BCUT2D eigenvalue weighted by atomic mass is 10.00. The van der Waals surface area contributed by atoms with Crippen molar-refractivity contribution in [1.29, 1.82) is 0 Å². The van der Waals surface area contributed by atoms with Crippen molar-refractivity contribution in [2.75, 3.05) is 18.8 Å². The first-order valence-electron chi connectivity index (χ1n) is 5.18. The van der Waals surface area contributed by atoms with E-state index in [1.54, 1.807) is 0 Å². The third-order valence-corrected chi connectivity index (χ3v) is 3.69. The number of nitrogens with zero attached hydrogens (tertiary/aromatic N) is 1. The SMILES string of the molecule is CC(CS)[C@@H](C)N1CCC[C@H](O)C1. The summed E-state index contributed by atoms with van der Waals surface area (Å²) < 4.78 is 0. The predicted octanol–water partition coefficient (Wildman–Crippen LogP) is 1.40. The van der Waals surface area contributed by atoms with E-state index in [-0.39, 0.29) is 6.10 Å². The van der Waals surface area contributed by atoms with Gasteiger partial charge in [-0.15, -0.1) is 0 Å². The molecule has 13 heavy (non-hydrogen) atoms. The highest BCUT2D eigenvalue weighted by atomic mass is 32.1. The van der Waals surface area contributed by atoms with Gasteiger partial charge in [-0.25, -0.2) is 0 Å². The maximum Gasteiger partial charge on any atom is 0.0667 e. The zero-order chi connectivity index (χ0) is 9.84. The molecule has 0 aromatic carbocycles. The van der Waals surface area contributed by atoms with Gasteiger partial charge in [0, 0.05) is 12.6 Å². The average Bonchev–Trinajstić information content (AvgIpc) is 2.15. The Bertz CT molecular complexity index is 154. The second kappa shape index (κ2) is 5.23. The Hall–Kier alpha value is 0.270. The number of rotatable bonds is 3. The maximum atomic E-state index is 9.52. The van der Waals surface area contributed by atoms with Crippen LogP contribution in [0, 0.1) is 5.92 Å². The van der Waals surface area contributed by atoms with Crippen LogP contribution in [0.1, 0.15) is 26.7 Å². The third kappa shape index (κ3) is 3.15. The molecule has 0 radical (unpaired) electrons. The Morgan fingerprint density at radius 3 is 2.77 bits per heavy atom. The Kier molecular flexibility index (Phi) is 4.56. The molecule has 2 nitrogen and oxygen atoms in total. The minimum absolute atomic E-state index is 0.108. The molecule has 0 spiro atoms. The molecule has 1 fully saturated rings. The number of aliphatic hydroxyl groups excluding tert-OH is 1. The van der Waals surface area contributed by atoms with Gasteiger partial charge >= 0.3 is 0 Å². The summed E-state index contributed by atoms with van der Waals surface area (Å²) in [5.74, 6) is 1.53. The summed E-state index contributed by atoms with van der Waals surface area (Å²) in [7, 11) is 0. The molecule has 1 aliphatic heterocycles. The monoisotopic (exact) mass is 203 g/mol. The number of thiol groups is 1. The quantitative estimate of drug-likeness (QED) is 0.677. The highest BCUT2D eigenvalue weighted by molar-refractivity contribution is 7.80. The molecule has 0 aliphatic carbocycles. The van der Waals surface area contributed by atoms with Gasteiger partial charge in [0.1, 0.15) is 0 Å². The van der Waals surface area contributed by atoms with E-state index in [2.05, 4.69) is 31.4 Å². The molecule has 0 amide bonds. The smallest absolute Gasteiger partial charge is 0.0667 e. The van der Waals surface area contributed by atoms with Crippen molar-refractivity contribution < 1.29 is 5.11 Å². The van der Waals surface area contributed by atoms with Crippen molar-refractivity contribution in [3.05, 3.63) is 0 Å². The molecule has 1 heterocycles. The van der Waals surface area contributed by atoms with Gasteiger partial charge < -0.3 is 5.11 Å². The van der Waals surface area contributed by atoms with Crippen molar-refractivity contribution in [1.82, 2.24) is 4.90 Å². The van der Waals surface area contributed by atoms with Crippen molar-refractivity contribution in [3.8, 4) is 0 Å². The number of likely N-dealkylation sites (tertiary alicyclic amines) is 1. The lowest BCUT2D eigenvalue weighted by Gasteiger charge is -2.37. The van der Waals surface area contributed by atoms with Crippen LogP contribution in [-0.2, 0) is 0 Å². The van der Waals surface area contributed by atoms with Gasteiger partial charge in [0.15, 0.2) is 0 Å². The number of hydrogen-bond donors (Lipinski definition) is 2. The van der Waals surface area contributed by atoms with E-state index in [1.807, 2.05) is 0 Å². The standard InChI is InChI=1S/C10H21NOS/c1-8(7-13)9(2)11-5-3-4-10(12)6-11/h8-10,12-13H,3-7H2,1-2H3/t8?,9-,10+/m1/s1. The van der Waals surface area contributed by atoms with Gasteiger partial charge in [-0.1, -0.05) is 6.92 Å². The summed E-state index contributed by atoms with van der Waals surface area (Å²) >= 11 is 4.31. The molecule has 0 saturated carbocycles. The third-order valence-electron chi connectivity index (χ3n) is 3.12. The molecular formula is C10H21NOS. The second-order valence-electron chi connectivity index (χ2n) is 4.19. The van der Waals surface area contributed by atoms with Crippen LogP contribution in [0.3, 0.4) is 0 Å². The summed E-state index contributed by atoms with van der Waals surface area (Å²) in [5, 5.41) is 9.52. The van der Waals surface area contributed by atoms with Crippen LogP contribution in [0.2, 0.25) is 0 Å². The molecule has 0 aromatic rings. The first-order valence-corrected chi connectivity index (χ1v) is 5.81. The number of β-amino-alcohol motifs (C(OH)–C–C–N with tert-alkyl or cyclic N) is 1. The topological polar surface area (TPSA) is 23.5 Å². The van der Waals surface area contributed by atoms with Crippen LogP contribution in [0.5, 0.6) is 0 Å². The van der Waals surface area contributed by atoms with Crippen LogP contribution in [0.15, 0.2) is 0 Å². The number of aliphatic hydroxyl groups is 1. The molecule has 3 atom stereocenters. The summed E-state index contributed by atoms with van der Waals surface area (Å²) in [5.41, 5.74) is 0. The summed E-state index contributed by atoms with van der Waals surface area (Å²) in [6, 6.07) is 0.549. The molecule has 78 valence electrons. The van der Waals surface area contributed by atoms with Crippen LogP contribution in [0.25, 0.3) is 0 Å². The normalized spacial score (nSPS) is 30.0. The van der Waals surface area contributed by atoms with Crippen LogP contribution < -0.4 is 0 Å². The average molecular weight is 203 g/mol. The van der Waals surface area contributed by atoms with E-state index < -0.39 is 0 Å². The van der Waals surface area contributed by atoms with Gasteiger partial charge in [-0.2, -0.15) is 12.6 Å². The first kappa shape index (κ1) is 11.3. The Morgan fingerprint density at radius 1 is 1.54 bits per heavy atom. The summed E-state index contributed by atoms with van der Waals surface area (Å²) in [6.45, 7) is 6.44. The van der Waals surface area contributed by atoms with Crippen molar-refractivity contribution in [3.63, 3.8) is 0 Å². The van der Waals surface area contributed by atoms with Gasteiger partial charge in [0.05, 0.1) is 6.10 Å². The Labute approximate surface area is 86.7 Å². The van der Waals surface area contributed by atoms with Gasteiger partial charge in [-0.3, -0.25) is 4.90 Å². The van der Waals surface area contributed by atoms with E-state index in [0.29, 0.717) is 12.0 Å². The zero-order valence-corrected chi connectivity index (χ0v) is 9.50. The minimum atomic E-state index is -0.108. The van der Waals surface area contributed by atoms with E-state index >= 15 is 0 Å². The highest BCUT2D eigenvalue weighted by Crippen LogP contribution is 2.18. The highest BCUT2D eigenvalue weighted by Gasteiger charge is 2.24. The molecular weight excluding hydrogens is 182 g/mol. The van der Waals surface area contributed by atoms with Gasteiger partial charge in [0.25, 0.3) is 0 Å². The second-order valence-corrected chi connectivity index (χ2v) is 4.56. The maximum absolute atomic E-state index is 9.52. The molecule has 1 rings (SSSR count). The summed E-state index contributed by atoms with van der Waals surface area (Å²) in [4.78, 5) is 2.38. The zero-order valence-electron chi connectivity index (χ0n) is 8.61. The number of piperidine rings is 1. The summed E-state index contributed by atoms with van der Waals surface area (Å²) in [6.07, 6.45) is 1.99. The van der Waals surface area contributed by atoms with Crippen LogP contribution in [-0.4, -0.2) is 41.0 Å². The molecule has 1 aliphatic rings. The molecule has 1 unspecified atom stereocenters. The van der Waals surface area contributed by atoms with E-state index in [0.717, 1.165) is 31.7 Å². The fraction of sp³-hybridized carbons (Fsp3) is 1.00. The van der Waals surface area contributed by atoms with Gasteiger partial charge in [-0.05, 0) is 38.0 Å². The Balaban J connectivity index is 2.41. The largest absolute Gasteiger partial charge is 0.392 e. The van der Waals surface area contributed by atoms with Crippen LogP contribution >= 0.6 is 12.6 Å². The minimum Gasteiger partial charge on any atom is -0.392 e.